The van der Waals surface area contributed by atoms with Crippen molar-refractivity contribution in [1.29, 1.82) is 0 Å². The Balaban J connectivity index is 1.89. The Kier molecular flexibility index (Phi) is 3.29. The van der Waals surface area contributed by atoms with Crippen molar-refractivity contribution in [2.45, 2.75) is 38.5 Å². The molecule has 117 valence electrons. The van der Waals surface area contributed by atoms with Gasteiger partial charge in [-0.15, -0.1) is 0 Å². The highest BCUT2D eigenvalue weighted by Crippen LogP contribution is 2.29. The third-order valence-electron chi connectivity index (χ3n) is 5.61. The smallest absolute Gasteiger partial charge is 0.000731 e. The van der Waals surface area contributed by atoms with E-state index in [1.807, 2.05) is 0 Å². The summed E-state index contributed by atoms with van der Waals surface area (Å²) in [5.41, 5.74) is 5.89. The van der Waals surface area contributed by atoms with Gasteiger partial charge in [-0.1, -0.05) is 66.6 Å². The SMILES string of the molecule is [C]1=c2ccccc2=c2ccc(=C3CCCCC3)c(C3=CC=CC3)c21. The first-order valence-corrected chi connectivity index (χ1v) is 9.16. The summed E-state index contributed by atoms with van der Waals surface area (Å²) in [5.74, 6) is 0. The normalized spacial score (nSPS) is 18.2. The molecule has 1 radical (unpaired) electrons. The van der Waals surface area contributed by atoms with Crippen LogP contribution in [-0.4, -0.2) is 0 Å². The summed E-state index contributed by atoms with van der Waals surface area (Å²) in [5, 5.41) is 5.42. The van der Waals surface area contributed by atoms with E-state index in [0.717, 1.165) is 6.42 Å². The van der Waals surface area contributed by atoms with Crippen LogP contribution in [0.15, 0.2) is 54.6 Å². The van der Waals surface area contributed by atoms with E-state index in [4.69, 9.17) is 0 Å². The fourth-order valence-electron chi connectivity index (χ4n) is 4.43. The summed E-state index contributed by atoms with van der Waals surface area (Å²) in [6.07, 6.45) is 18.1. The van der Waals surface area contributed by atoms with Gasteiger partial charge < -0.3 is 0 Å². The van der Waals surface area contributed by atoms with E-state index in [1.165, 1.54) is 69.7 Å². The Bertz CT molecular complexity index is 1090. The Morgan fingerprint density at radius 1 is 0.792 bits per heavy atom. The van der Waals surface area contributed by atoms with Crippen molar-refractivity contribution < 1.29 is 0 Å². The molecule has 3 aliphatic rings. The molecule has 2 aromatic rings. The van der Waals surface area contributed by atoms with Crippen molar-refractivity contribution in [3.8, 4) is 0 Å². The van der Waals surface area contributed by atoms with Crippen molar-refractivity contribution in [2.75, 3.05) is 0 Å². The van der Waals surface area contributed by atoms with Crippen LogP contribution in [0.5, 0.6) is 0 Å². The largest absolute Gasteiger partial charge is 0.0801 e. The fraction of sp³-hybridized carbons (Fsp3) is 0.250. The van der Waals surface area contributed by atoms with Crippen LogP contribution in [0.1, 0.15) is 49.7 Å². The monoisotopic (exact) mass is 309 g/mol. The highest BCUT2D eigenvalue weighted by molar-refractivity contribution is 5.80. The predicted octanol–water partition coefficient (Wildman–Crippen LogP) is 4.45. The summed E-state index contributed by atoms with van der Waals surface area (Å²) in [4.78, 5) is 0. The van der Waals surface area contributed by atoms with E-state index in [2.05, 4.69) is 60.7 Å². The van der Waals surface area contributed by atoms with Gasteiger partial charge in [-0.05, 0) is 75.8 Å². The first-order valence-electron chi connectivity index (χ1n) is 9.16. The van der Waals surface area contributed by atoms with Gasteiger partial charge in [0.2, 0.25) is 0 Å². The van der Waals surface area contributed by atoms with Crippen LogP contribution in [0.2, 0.25) is 0 Å². The van der Waals surface area contributed by atoms with Crippen LogP contribution in [0, 0.1) is 10.4 Å². The summed E-state index contributed by atoms with van der Waals surface area (Å²) >= 11 is 0. The summed E-state index contributed by atoms with van der Waals surface area (Å²) < 4.78 is 0. The summed E-state index contributed by atoms with van der Waals surface area (Å²) in [6, 6.07) is 13.4. The first kappa shape index (κ1) is 14.0. The maximum Gasteiger partial charge on any atom is -0.000731 e. The van der Waals surface area contributed by atoms with Crippen molar-refractivity contribution in [1.82, 2.24) is 0 Å². The molecule has 0 bridgehead atoms. The molecule has 0 aliphatic heterocycles. The first-order chi connectivity index (χ1) is 11.9. The maximum absolute atomic E-state index is 3.72. The molecule has 0 aromatic heterocycles. The molecule has 3 aliphatic carbocycles. The van der Waals surface area contributed by atoms with Gasteiger partial charge >= 0.3 is 0 Å². The second-order valence-corrected chi connectivity index (χ2v) is 7.07. The lowest BCUT2D eigenvalue weighted by Gasteiger charge is -2.17. The van der Waals surface area contributed by atoms with Gasteiger partial charge in [0.15, 0.2) is 0 Å². The van der Waals surface area contributed by atoms with Gasteiger partial charge in [0.25, 0.3) is 0 Å². The summed E-state index contributed by atoms with van der Waals surface area (Å²) in [7, 11) is 0. The molecule has 24 heavy (non-hydrogen) atoms. The minimum atomic E-state index is 1.05. The minimum absolute atomic E-state index is 1.05. The highest BCUT2D eigenvalue weighted by Gasteiger charge is 2.17. The quantitative estimate of drug-likeness (QED) is 0.623. The van der Waals surface area contributed by atoms with Crippen molar-refractivity contribution in [3.63, 3.8) is 0 Å². The second-order valence-electron chi connectivity index (χ2n) is 7.07. The molecule has 0 N–H and O–H groups in total. The zero-order chi connectivity index (χ0) is 15.9. The van der Waals surface area contributed by atoms with Crippen LogP contribution in [0.3, 0.4) is 0 Å². The van der Waals surface area contributed by atoms with E-state index in [1.54, 1.807) is 5.57 Å². The van der Waals surface area contributed by atoms with Gasteiger partial charge in [0, 0.05) is 0 Å². The van der Waals surface area contributed by atoms with Crippen LogP contribution < -0.4 is 10.4 Å². The second kappa shape index (κ2) is 5.63. The van der Waals surface area contributed by atoms with Crippen LogP contribution in [0.25, 0.3) is 17.2 Å². The molecule has 5 rings (SSSR count). The molecule has 0 amide bonds. The predicted molar refractivity (Wildman–Crippen MR) is 101 cm³/mol. The molecule has 0 nitrogen and oxygen atoms in total. The molecular weight excluding hydrogens is 288 g/mol. The van der Waals surface area contributed by atoms with E-state index < -0.39 is 0 Å². The van der Waals surface area contributed by atoms with Gasteiger partial charge in [0.05, 0.1) is 0 Å². The summed E-state index contributed by atoms with van der Waals surface area (Å²) in [6.45, 7) is 0. The lowest BCUT2D eigenvalue weighted by Crippen LogP contribution is -2.16. The van der Waals surface area contributed by atoms with E-state index in [0.29, 0.717) is 0 Å². The van der Waals surface area contributed by atoms with E-state index in [9.17, 15) is 0 Å². The zero-order valence-corrected chi connectivity index (χ0v) is 13.9. The molecule has 0 heterocycles. The third kappa shape index (κ3) is 2.13. The lowest BCUT2D eigenvalue weighted by molar-refractivity contribution is 0.643. The van der Waals surface area contributed by atoms with E-state index in [-0.39, 0.29) is 0 Å². The minimum Gasteiger partial charge on any atom is -0.0801 e. The number of hydrogen-bond donors (Lipinski definition) is 0. The van der Waals surface area contributed by atoms with Gasteiger partial charge in [-0.25, -0.2) is 0 Å². The van der Waals surface area contributed by atoms with E-state index >= 15 is 0 Å². The molecule has 0 atom stereocenters. The maximum atomic E-state index is 3.72. The Morgan fingerprint density at radius 2 is 1.62 bits per heavy atom. The number of allylic oxidation sites excluding steroid dienone is 4. The fourth-order valence-corrected chi connectivity index (χ4v) is 4.43. The number of benzene rings is 2. The van der Waals surface area contributed by atoms with Gasteiger partial charge in [0.1, 0.15) is 0 Å². The van der Waals surface area contributed by atoms with Crippen molar-refractivity contribution in [3.05, 3.63) is 86.6 Å². The molecule has 0 spiro atoms. The molecule has 1 fully saturated rings. The van der Waals surface area contributed by atoms with Crippen molar-refractivity contribution >= 4 is 17.2 Å². The molecule has 0 heteroatoms. The average Bonchev–Trinajstić information content (AvgIpc) is 3.29. The topological polar surface area (TPSA) is 0 Å². The molecule has 0 saturated heterocycles. The standard InChI is InChI=1S/C24H21/c1-2-8-17(9-3-1)21-14-15-22-20-13-7-6-12-19(20)16-23(22)24(21)18-10-4-5-11-18/h4-7,10,12-15H,1-3,8-9,11H2. The van der Waals surface area contributed by atoms with Crippen LogP contribution in [0.4, 0.5) is 0 Å². The Morgan fingerprint density at radius 3 is 2.46 bits per heavy atom. The van der Waals surface area contributed by atoms with Crippen molar-refractivity contribution in [2.24, 2.45) is 0 Å². The van der Waals surface area contributed by atoms with Gasteiger partial charge in [-0.2, -0.15) is 0 Å². The van der Waals surface area contributed by atoms with Crippen LogP contribution in [-0.2, 0) is 0 Å². The molecule has 2 aromatic carbocycles. The number of hydrogen-bond acceptors (Lipinski definition) is 0. The Hall–Kier alpha value is -2.34. The molecule has 1 saturated carbocycles. The molecule has 0 unspecified atom stereocenters. The highest BCUT2D eigenvalue weighted by atomic mass is 14.2. The molecular formula is C24H21. The Labute approximate surface area is 142 Å². The zero-order valence-electron chi connectivity index (χ0n) is 13.9. The average molecular weight is 309 g/mol. The third-order valence-corrected chi connectivity index (χ3v) is 5.61. The lowest BCUT2D eigenvalue weighted by atomic mass is 9.88. The van der Waals surface area contributed by atoms with Crippen LogP contribution >= 0.6 is 0 Å². The number of rotatable bonds is 1. The number of fused-ring (bicyclic) bond motifs is 2. The van der Waals surface area contributed by atoms with Gasteiger partial charge in [-0.3, -0.25) is 0 Å².